The van der Waals surface area contributed by atoms with Crippen LogP contribution in [0, 0.1) is 0 Å². The smallest absolute Gasteiger partial charge is 0.347 e. The van der Waals surface area contributed by atoms with Crippen molar-refractivity contribution in [3.05, 3.63) is 22.4 Å². The molecule has 2 N–H and O–H groups in total. The molecule has 1 saturated heterocycles. The molecular weight excluding hydrogens is 318 g/mol. The van der Waals surface area contributed by atoms with Crippen molar-refractivity contribution in [1.29, 1.82) is 0 Å². The zero-order valence-corrected chi connectivity index (χ0v) is 15.7. The highest BCUT2D eigenvalue weighted by atomic mass is 16.1. The first kappa shape index (κ1) is 17.9. The first-order valence-corrected chi connectivity index (χ1v) is 8.97. The maximum atomic E-state index is 12.0. The summed E-state index contributed by atoms with van der Waals surface area (Å²) < 4.78 is 1.54. The van der Waals surface area contributed by atoms with E-state index in [1.54, 1.807) is 6.20 Å². The van der Waals surface area contributed by atoms with Crippen LogP contribution in [0.4, 0.5) is 5.82 Å². The number of anilines is 1. The van der Waals surface area contributed by atoms with E-state index in [0.29, 0.717) is 11.5 Å². The van der Waals surface area contributed by atoms with Gasteiger partial charge in [0.1, 0.15) is 0 Å². The summed E-state index contributed by atoms with van der Waals surface area (Å²) >= 11 is 0. The van der Waals surface area contributed by atoms with E-state index in [2.05, 4.69) is 53.1 Å². The fourth-order valence-electron chi connectivity index (χ4n) is 2.97. The number of aromatic amines is 1. The van der Waals surface area contributed by atoms with E-state index < -0.39 is 0 Å². The van der Waals surface area contributed by atoms with Crippen LogP contribution in [0.1, 0.15) is 32.9 Å². The minimum absolute atomic E-state index is 0.138. The summed E-state index contributed by atoms with van der Waals surface area (Å²) in [4.78, 5) is 21.5. The van der Waals surface area contributed by atoms with Gasteiger partial charge in [0.25, 0.3) is 0 Å². The van der Waals surface area contributed by atoms with E-state index in [-0.39, 0.29) is 11.1 Å². The third-order valence-corrected chi connectivity index (χ3v) is 4.71. The minimum Gasteiger partial charge on any atom is -0.367 e. The normalized spacial score (nSPS) is 17.3. The highest BCUT2D eigenvalue weighted by molar-refractivity contribution is 5.62. The molecule has 1 fully saturated rings. The fourth-order valence-corrected chi connectivity index (χ4v) is 2.97. The molecule has 25 heavy (non-hydrogen) atoms. The number of hydrogen-bond donors (Lipinski definition) is 2. The maximum absolute atomic E-state index is 12.0. The molecule has 1 aliphatic heterocycles. The minimum atomic E-state index is -0.233. The molecule has 8 heteroatoms. The van der Waals surface area contributed by atoms with Crippen molar-refractivity contribution in [1.82, 2.24) is 29.4 Å². The summed E-state index contributed by atoms with van der Waals surface area (Å²) in [6.45, 7) is 12.7. The van der Waals surface area contributed by atoms with Gasteiger partial charge in [-0.2, -0.15) is 0 Å². The molecule has 0 aromatic carbocycles. The van der Waals surface area contributed by atoms with Crippen LogP contribution in [-0.4, -0.2) is 75.7 Å². The predicted octanol–water partition coefficient (Wildman–Crippen LogP) is 0.765. The molecule has 0 spiro atoms. The number of piperazine rings is 1. The third-order valence-electron chi connectivity index (χ3n) is 4.71. The van der Waals surface area contributed by atoms with Crippen molar-refractivity contribution in [3.8, 4) is 0 Å². The lowest BCUT2D eigenvalue weighted by molar-refractivity contribution is 0.154. The number of aromatic nitrogens is 4. The quantitative estimate of drug-likeness (QED) is 0.778. The number of nitrogens with zero attached hydrogens (tertiary/aromatic N) is 5. The lowest BCUT2D eigenvalue weighted by Gasteiger charge is -2.32. The molecule has 138 valence electrons. The number of H-pyrrole nitrogens is 1. The Bertz CT molecular complexity index is 765. The van der Waals surface area contributed by atoms with Crippen LogP contribution >= 0.6 is 0 Å². The van der Waals surface area contributed by atoms with Crippen molar-refractivity contribution in [2.24, 2.45) is 0 Å². The van der Waals surface area contributed by atoms with Gasteiger partial charge in [0.15, 0.2) is 5.82 Å². The molecule has 3 rings (SSSR count). The fraction of sp³-hybridized carbons (Fsp3) is 0.706. The van der Waals surface area contributed by atoms with Gasteiger partial charge in [-0.05, 0) is 20.0 Å². The summed E-state index contributed by atoms with van der Waals surface area (Å²) in [6, 6.07) is 0. The molecule has 2 aromatic rings. The molecule has 8 nitrogen and oxygen atoms in total. The zero-order valence-electron chi connectivity index (χ0n) is 15.7. The molecule has 0 bridgehead atoms. The van der Waals surface area contributed by atoms with Gasteiger partial charge in [-0.15, -0.1) is 5.10 Å². The summed E-state index contributed by atoms with van der Waals surface area (Å²) in [5, 5.41) is 9.98. The Morgan fingerprint density at radius 3 is 2.64 bits per heavy atom. The molecule has 0 aliphatic carbocycles. The van der Waals surface area contributed by atoms with Crippen LogP contribution in [0.5, 0.6) is 0 Å². The molecular formula is C17H29N7O. The van der Waals surface area contributed by atoms with E-state index in [0.717, 1.165) is 51.4 Å². The van der Waals surface area contributed by atoms with Gasteiger partial charge in [0.2, 0.25) is 5.65 Å². The van der Waals surface area contributed by atoms with Gasteiger partial charge in [-0.3, -0.25) is 0 Å². The second-order valence-electron chi connectivity index (χ2n) is 7.87. The van der Waals surface area contributed by atoms with Crippen molar-refractivity contribution >= 4 is 11.5 Å². The number of hydrogen-bond acceptors (Lipinski definition) is 6. The van der Waals surface area contributed by atoms with E-state index in [4.69, 9.17) is 4.98 Å². The van der Waals surface area contributed by atoms with E-state index >= 15 is 0 Å². The number of likely N-dealkylation sites (N-methyl/N-ethyl adjacent to an activating group) is 1. The van der Waals surface area contributed by atoms with Crippen LogP contribution in [0.15, 0.2) is 11.0 Å². The monoisotopic (exact) mass is 347 g/mol. The second kappa shape index (κ2) is 7.13. The Morgan fingerprint density at radius 1 is 1.24 bits per heavy atom. The van der Waals surface area contributed by atoms with Gasteiger partial charge in [0, 0.05) is 44.3 Å². The summed E-state index contributed by atoms with van der Waals surface area (Å²) in [7, 11) is 2.17. The van der Waals surface area contributed by atoms with Crippen molar-refractivity contribution in [2.75, 3.05) is 51.6 Å². The highest BCUT2D eigenvalue weighted by Gasteiger charge is 2.20. The topological polar surface area (TPSA) is 81.6 Å². The second-order valence-corrected chi connectivity index (χ2v) is 7.87. The van der Waals surface area contributed by atoms with Crippen molar-refractivity contribution in [2.45, 2.75) is 32.6 Å². The largest absolute Gasteiger partial charge is 0.367 e. The van der Waals surface area contributed by atoms with Crippen LogP contribution in [-0.2, 0) is 5.41 Å². The Labute approximate surface area is 148 Å². The van der Waals surface area contributed by atoms with Crippen LogP contribution in [0.2, 0.25) is 0 Å². The van der Waals surface area contributed by atoms with Gasteiger partial charge in [-0.25, -0.2) is 19.3 Å². The Hall–Kier alpha value is -1.93. The summed E-state index contributed by atoms with van der Waals surface area (Å²) in [5.74, 6) is 0.671. The molecule has 0 atom stereocenters. The third kappa shape index (κ3) is 4.19. The highest BCUT2D eigenvalue weighted by Crippen LogP contribution is 2.22. The van der Waals surface area contributed by atoms with E-state index in [9.17, 15) is 4.79 Å². The zero-order chi connectivity index (χ0) is 18.0. The number of rotatable bonds is 5. The maximum Gasteiger partial charge on any atom is 0.347 e. The summed E-state index contributed by atoms with van der Waals surface area (Å²) in [5.41, 5.74) is 1.05. The Balaban J connectivity index is 1.65. The Morgan fingerprint density at radius 2 is 1.96 bits per heavy atom. The summed E-state index contributed by atoms with van der Waals surface area (Å²) in [6.07, 6.45) is 2.81. The predicted molar refractivity (Wildman–Crippen MR) is 99.4 cm³/mol. The van der Waals surface area contributed by atoms with Crippen LogP contribution < -0.4 is 11.0 Å². The average Bonchev–Trinajstić information content (AvgIpc) is 2.94. The van der Waals surface area contributed by atoms with E-state index in [1.165, 1.54) is 4.40 Å². The standard InChI is InChI=1S/C17H29N7O/c1-17(2,3)13-12-24-15(20-21-16(24)25)14(19-13)18-6-5-7-23-10-8-22(4)9-11-23/h12H,5-11H2,1-4H3,(H,18,19)(H,21,25). The lowest BCUT2D eigenvalue weighted by Crippen LogP contribution is -2.44. The van der Waals surface area contributed by atoms with E-state index in [1.807, 2.05) is 0 Å². The Kier molecular flexibility index (Phi) is 5.10. The first-order chi connectivity index (χ1) is 11.8. The molecule has 1 aliphatic rings. The molecule has 0 amide bonds. The SMILES string of the molecule is CN1CCN(CCCNc2nc(C(C)(C)C)cn3c(=O)[nH]nc23)CC1. The van der Waals surface area contributed by atoms with Crippen LogP contribution in [0.3, 0.4) is 0 Å². The van der Waals surface area contributed by atoms with Gasteiger partial charge >= 0.3 is 5.69 Å². The lowest BCUT2D eigenvalue weighted by atomic mass is 9.93. The van der Waals surface area contributed by atoms with Crippen LogP contribution in [0.25, 0.3) is 5.65 Å². The van der Waals surface area contributed by atoms with Gasteiger partial charge in [-0.1, -0.05) is 20.8 Å². The molecule has 0 unspecified atom stereocenters. The number of nitrogens with one attached hydrogen (secondary N) is 2. The average molecular weight is 347 g/mol. The molecule has 2 aromatic heterocycles. The first-order valence-electron chi connectivity index (χ1n) is 8.97. The molecule has 0 saturated carbocycles. The molecule has 3 heterocycles. The molecule has 0 radical (unpaired) electrons. The number of fused-ring (bicyclic) bond motifs is 1. The van der Waals surface area contributed by atoms with Gasteiger partial charge in [0.05, 0.1) is 5.69 Å². The van der Waals surface area contributed by atoms with Crippen molar-refractivity contribution in [3.63, 3.8) is 0 Å². The van der Waals surface area contributed by atoms with Crippen molar-refractivity contribution < 1.29 is 0 Å². The van der Waals surface area contributed by atoms with Gasteiger partial charge < -0.3 is 15.1 Å².